The SMILES string of the molecule is CC[C@@H](NC(=O)[C@@H](C)Oc1ccc(C)cc1C)c1ccc2c(c1)CCCC2. The van der Waals surface area contributed by atoms with E-state index in [0.29, 0.717) is 0 Å². The molecule has 0 spiro atoms. The molecule has 1 N–H and O–H groups in total. The number of carbonyl (C=O) groups excluding carboxylic acids is 1. The zero-order valence-corrected chi connectivity index (χ0v) is 17.0. The first-order valence-corrected chi connectivity index (χ1v) is 10.1. The van der Waals surface area contributed by atoms with Gasteiger partial charge in [0.15, 0.2) is 6.10 Å². The molecule has 0 fully saturated rings. The molecule has 1 amide bonds. The number of fused-ring (bicyclic) bond motifs is 1. The van der Waals surface area contributed by atoms with Crippen molar-refractivity contribution in [2.45, 2.75) is 71.9 Å². The van der Waals surface area contributed by atoms with E-state index in [1.165, 1.54) is 41.5 Å². The van der Waals surface area contributed by atoms with E-state index in [4.69, 9.17) is 4.74 Å². The lowest BCUT2D eigenvalue weighted by Crippen LogP contribution is -2.38. The lowest BCUT2D eigenvalue weighted by atomic mass is 9.89. The maximum Gasteiger partial charge on any atom is 0.261 e. The van der Waals surface area contributed by atoms with Gasteiger partial charge in [-0.2, -0.15) is 0 Å². The number of carbonyl (C=O) groups is 1. The summed E-state index contributed by atoms with van der Waals surface area (Å²) < 4.78 is 5.92. The second kappa shape index (κ2) is 8.60. The van der Waals surface area contributed by atoms with E-state index in [0.717, 1.165) is 24.2 Å². The summed E-state index contributed by atoms with van der Waals surface area (Å²) >= 11 is 0. The van der Waals surface area contributed by atoms with Gasteiger partial charge in [0, 0.05) is 0 Å². The van der Waals surface area contributed by atoms with Crippen LogP contribution in [0.1, 0.15) is 67.0 Å². The van der Waals surface area contributed by atoms with Crippen molar-refractivity contribution >= 4 is 5.91 Å². The summed E-state index contributed by atoms with van der Waals surface area (Å²) in [5.41, 5.74) is 6.36. The molecular formula is C24H31NO2. The Morgan fingerprint density at radius 3 is 2.52 bits per heavy atom. The van der Waals surface area contributed by atoms with E-state index >= 15 is 0 Å². The standard InChI is InChI=1S/C24H31NO2/c1-5-22(21-12-11-19-8-6-7-9-20(19)15-21)25-24(26)18(4)27-23-13-10-16(2)14-17(23)3/h10-15,18,22H,5-9H2,1-4H3,(H,25,26)/t18-,22-/m1/s1. The molecule has 3 heteroatoms. The predicted molar refractivity (Wildman–Crippen MR) is 110 cm³/mol. The summed E-state index contributed by atoms with van der Waals surface area (Å²) in [4.78, 5) is 12.7. The average molecular weight is 366 g/mol. The Labute approximate surface area is 163 Å². The maximum atomic E-state index is 12.7. The van der Waals surface area contributed by atoms with Gasteiger partial charge in [0.2, 0.25) is 0 Å². The van der Waals surface area contributed by atoms with Crippen LogP contribution in [0.5, 0.6) is 5.75 Å². The number of hydrogen-bond donors (Lipinski definition) is 1. The normalized spacial score (nSPS) is 15.6. The molecule has 0 heterocycles. The van der Waals surface area contributed by atoms with Crippen molar-refractivity contribution < 1.29 is 9.53 Å². The minimum absolute atomic E-state index is 0.0230. The van der Waals surface area contributed by atoms with Gasteiger partial charge in [-0.25, -0.2) is 0 Å². The highest BCUT2D eigenvalue weighted by Crippen LogP contribution is 2.26. The third-order valence-electron chi connectivity index (χ3n) is 5.50. The molecule has 0 saturated carbocycles. The van der Waals surface area contributed by atoms with Crippen molar-refractivity contribution in [1.82, 2.24) is 5.32 Å². The van der Waals surface area contributed by atoms with Crippen LogP contribution in [0.25, 0.3) is 0 Å². The Morgan fingerprint density at radius 1 is 1.07 bits per heavy atom. The molecule has 0 unspecified atom stereocenters. The molecule has 0 saturated heterocycles. The van der Waals surface area contributed by atoms with Crippen molar-refractivity contribution in [2.24, 2.45) is 0 Å². The highest BCUT2D eigenvalue weighted by molar-refractivity contribution is 5.81. The van der Waals surface area contributed by atoms with Gasteiger partial charge in [-0.15, -0.1) is 0 Å². The van der Waals surface area contributed by atoms with Gasteiger partial charge in [0.05, 0.1) is 6.04 Å². The van der Waals surface area contributed by atoms with Gasteiger partial charge in [-0.1, -0.05) is 42.8 Å². The lowest BCUT2D eigenvalue weighted by molar-refractivity contribution is -0.128. The van der Waals surface area contributed by atoms with Gasteiger partial charge in [-0.3, -0.25) is 4.79 Å². The first-order valence-electron chi connectivity index (χ1n) is 10.1. The van der Waals surface area contributed by atoms with E-state index in [-0.39, 0.29) is 11.9 Å². The molecule has 0 aromatic heterocycles. The average Bonchev–Trinajstić information content (AvgIpc) is 2.67. The number of benzene rings is 2. The molecule has 2 aromatic carbocycles. The van der Waals surface area contributed by atoms with Gasteiger partial charge in [0.25, 0.3) is 5.91 Å². The number of ether oxygens (including phenoxy) is 1. The fourth-order valence-electron chi connectivity index (χ4n) is 3.86. The molecular weight excluding hydrogens is 334 g/mol. The lowest BCUT2D eigenvalue weighted by Gasteiger charge is -2.23. The first kappa shape index (κ1) is 19.5. The third kappa shape index (κ3) is 4.71. The van der Waals surface area contributed by atoms with Crippen LogP contribution in [0, 0.1) is 13.8 Å². The summed E-state index contributed by atoms with van der Waals surface area (Å²) in [5, 5.41) is 3.18. The molecule has 0 bridgehead atoms. The smallest absolute Gasteiger partial charge is 0.261 e. The molecule has 1 aliphatic carbocycles. The molecule has 0 aliphatic heterocycles. The van der Waals surface area contributed by atoms with Gasteiger partial charge in [0.1, 0.15) is 5.75 Å². The number of amides is 1. The Kier molecular flexibility index (Phi) is 6.20. The van der Waals surface area contributed by atoms with Crippen molar-refractivity contribution in [3.8, 4) is 5.75 Å². The van der Waals surface area contributed by atoms with E-state index in [2.05, 4.69) is 43.4 Å². The fourth-order valence-corrected chi connectivity index (χ4v) is 3.86. The second-order valence-corrected chi connectivity index (χ2v) is 7.73. The van der Waals surface area contributed by atoms with Gasteiger partial charge < -0.3 is 10.1 Å². The zero-order valence-electron chi connectivity index (χ0n) is 17.0. The van der Waals surface area contributed by atoms with E-state index in [1.54, 1.807) is 0 Å². The van der Waals surface area contributed by atoms with Crippen LogP contribution in [-0.4, -0.2) is 12.0 Å². The minimum atomic E-state index is -0.530. The zero-order chi connectivity index (χ0) is 19.4. The molecule has 144 valence electrons. The van der Waals surface area contributed by atoms with Crippen LogP contribution in [0.15, 0.2) is 36.4 Å². The summed E-state index contributed by atoms with van der Waals surface area (Å²) in [6.45, 7) is 7.99. The maximum absolute atomic E-state index is 12.7. The highest BCUT2D eigenvalue weighted by Gasteiger charge is 2.21. The summed E-state index contributed by atoms with van der Waals surface area (Å²) in [6, 6.07) is 12.8. The van der Waals surface area contributed by atoms with Crippen molar-refractivity contribution in [3.05, 3.63) is 64.2 Å². The molecule has 0 radical (unpaired) electrons. The van der Waals surface area contributed by atoms with Crippen LogP contribution >= 0.6 is 0 Å². The fraction of sp³-hybridized carbons (Fsp3) is 0.458. The van der Waals surface area contributed by atoms with Crippen LogP contribution in [0.2, 0.25) is 0 Å². The number of hydrogen-bond acceptors (Lipinski definition) is 2. The van der Waals surface area contributed by atoms with E-state index in [9.17, 15) is 4.79 Å². The van der Waals surface area contributed by atoms with Crippen molar-refractivity contribution in [2.75, 3.05) is 0 Å². The molecule has 2 atom stereocenters. The van der Waals surface area contributed by atoms with Crippen LogP contribution in [-0.2, 0) is 17.6 Å². The van der Waals surface area contributed by atoms with Gasteiger partial charge >= 0.3 is 0 Å². The van der Waals surface area contributed by atoms with E-state index in [1.807, 2.05) is 26.0 Å². The highest BCUT2D eigenvalue weighted by atomic mass is 16.5. The number of nitrogens with one attached hydrogen (secondary N) is 1. The van der Waals surface area contributed by atoms with Crippen molar-refractivity contribution in [1.29, 1.82) is 0 Å². The molecule has 2 aromatic rings. The van der Waals surface area contributed by atoms with Crippen LogP contribution in [0.3, 0.4) is 0 Å². The summed E-state index contributed by atoms with van der Waals surface area (Å²) in [7, 11) is 0. The predicted octanol–water partition coefficient (Wildman–Crippen LogP) is 5.22. The summed E-state index contributed by atoms with van der Waals surface area (Å²) in [6.07, 6.45) is 5.21. The van der Waals surface area contributed by atoms with Crippen LogP contribution in [0.4, 0.5) is 0 Å². The second-order valence-electron chi connectivity index (χ2n) is 7.73. The largest absolute Gasteiger partial charge is 0.481 e. The van der Waals surface area contributed by atoms with E-state index < -0.39 is 6.10 Å². The molecule has 1 aliphatic rings. The monoisotopic (exact) mass is 365 g/mol. The first-order chi connectivity index (χ1) is 13.0. The number of rotatable bonds is 6. The molecule has 27 heavy (non-hydrogen) atoms. The van der Waals surface area contributed by atoms with Crippen LogP contribution < -0.4 is 10.1 Å². The minimum Gasteiger partial charge on any atom is -0.481 e. The quantitative estimate of drug-likeness (QED) is 0.762. The topological polar surface area (TPSA) is 38.3 Å². The Morgan fingerprint density at radius 2 is 1.81 bits per heavy atom. The third-order valence-corrected chi connectivity index (χ3v) is 5.50. The Hall–Kier alpha value is -2.29. The van der Waals surface area contributed by atoms with Gasteiger partial charge in [-0.05, 0) is 81.2 Å². The Bertz CT molecular complexity index is 812. The summed E-state index contributed by atoms with van der Waals surface area (Å²) in [5.74, 6) is 0.699. The molecule has 3 nitrogen and oxygen atoms in total. The molecule has 3 rings (SSSR count). The number of aryl methyl sites for hydroxylation is 4. The van der Waals surface area contributed by atoms with Crippen molar-refractivity contribution in [3.63, 3.8) is 0 Å². The Balaban J connectivity index is 1.67.